The first kappa shape index (κ1) is 13.2. The summed E-state index contributed by atoms with van der Waals surface area (Å²) in [6.07, 6.45) is -1.39. The molecule has 0 radical (unpaired) electrons. The van der Waals surface area contributed by atoms with Crippen molar-refractivity contribution in [1.29, 1.82) is 0 Å². The summed E-state index contributed by atoms with van der Waals surface area (Å²) in [5, 5.41) is 0. The molecule has 2 atom stereocenters. The second-order valence-corrected chi connectivity index (χ2v) is 4.88. The molecule has 0 amide bonds. The number of hydrogen-bond acceptors (Lipinski definition) is 2. The Labute approximate surface area is 105 Å². The number of nitrogens with two attached hydrogens (primary N) is 1. The number of hydrogen-bond donors (Lipinski definition) is 1. The van der Waals surface area contributed by atoms with Gasteiger partial charge in [-0.05, 0) is 43.5 Å². The van der Waals surface area contributed by atoms with Crippen molar-refractivity contribution in [2.75, 3.05) is 11.9 Å². The molecule has 18 heavy (non-hydrogen) atoms. The Bertz CT molecular complexity index is 400. The lowest BCUT2D eigenvalue weighted by atomic mass is 10.1. The molecule has 1 aromatic rings. The Kier molecular flexibility index (Phi) is 3.52. The third-order valence-corrected chi connectivity index (χ3v) is 3.60. The molecule has 2 N–H and O–H groups in total. The number of anilines is 1. The lowest BCUT2D eigenvalue weighted by Crippen LogP contribution is -2.30. The molecule has 0 bridgehead atoms. The Morgan fingerprint density at radius 2 is 1.78 bits per heavy atom. The van der Waals surface area contributed by atoms with Gasteiger partial charge in [-0.15, -0.1) is 0 Å². The highest BCUT2D eigenvalue weighted by atomic mass is 19.4. The fourth-order valence-electron chi connectivity index (χ4n) is 2.44. The van der Waals surface area contributed by atoms with E-state index >= 15 is 0 Å². The average molecular weight is 258 g/mol. The SMILES string of the molecule is CN(c1ccc(C(F)(F)F)cc1)[C@H]1CC[C@@H](N)C1. The van der Waals surface area contributed by atoms with Gasteiger partial charge in [-0.25, -0.2) is 0 Å². The third kappa shape index (κ3) is 2.77. The van der Waals surface area contributed by atoms with Crippen LogP contribution < -0.4 is 10.6 Å². The standard InChI is InChI=1S/C13H17F3N2/c1-18(12-7-4-10(17)8-12)11-5-2-9(3-6-11)13(14,15)16/h2-3,5-6,10,12H,4,7-8,17H2,1H3/t10-,12+/m1/s1. The van der Waals surface area contributed by atoms with E-state index < -0.39 is 11.7 Å². The highest BCUT2D eigenvalue weighted by molar-refractivity contribution is 5.48. The van der Waals surface area contributed by atoms with Gasteiger partial charge in [-0.2, -0.15) is 13.2 Å². The lowest BCUT2D eigenvalue weighted by Gasteiger charge is -2.27. The molecule has 1 aliphatic rings. The minimum Gasteiger partial charge on any atom is -0.372 e. The molecule has 5 heteroatoms. The summed E-state index contributed by atoms with van der Waals surface area (Å²) in [5.74, 6) is 0. The second kappa shape index (κ2) is 4.80. The van der Waals surface area contributed by atoms with E-state index in [2.05, 4.69) is 0 Å². The van der Waals surface area contributed by atoms with Gasteiger partial charge < -0.3 is 10.6 Å². The van der Waals surface area contributed by atoms with Crippen LogP contribution in [0.2, 0.25) is 0 Å². The van der Waals surface area contributed by atoms with Crippen molar-refractivity contribution in [3.8, 4) is 0 Å². The van der Waals surface area contributed by atoms with Crippen LogP contribution in [0.4, 0.5) is 18.9 Å². The molecule has 0 aliphatic heterocycles. The molecule has 1 aromatic carbocycles. The van der Waals surface area contributed by atoms with Gasteiger partial charge in [0.05, 0.1) is 5.56 Å². The van der Waals surface area contributed by atoms with Crippen LogP contribution in [0.15, 0.2) is 24.3 Å². The number of alkyl halides is 3. The zero-order valence-electron chi connectivity index (χ0n) is 10.2. The molecule has 100 valence electrons. The average Bonchev–Trinajstić information content (AvgIpc) is 2.74. The topological polar surface area (TPSA) is 29.3 Å². The van der Waals surface area contributed by atoms with Gasteiger partial charge in [-0.3, -0.25) is 0 Å². The molecular weight excluding hydrogens is 241 g/mol. The zero-order chi connectivity index (χ0) is 13.3. The van der Waals surface area contributed by atoms with Gasteiger partial charge in [0, 0.05) is 24.8 Å². The van der Waals surface area contributed by atoms with Crippen LogP contribution in [-0.2, 0) is 6.18 Å². The quantitative estimate of drug-likeness (QED) is 0.883. The predicted molar refractivity (Wildman–Crippen MR) is 65.5 cm³/mol. The molecule has 0 saturated heterocycles. The van der Waals surface area contributed by atoms with E-state index in [1.165, 1.54) is 12.1 Å². The fraction of sp³-hybridized carbons (Fsp3) is 0.538. The first-order valence-corrected chi connectivity index (χ1v) is 6.03. The second-order valence-electron chi connectivity index (χ2n) is 4.88. The maximum atomic E-state index is 12.4. The Morgan fingerprint density at radius 1 is 1.17 bits per heavy atom. The molecule has 0 unspecified atom stereocenters. The van der Waals surface area contributed by atoms with Gasteiger partial charge in [-0.1, -0.05) is 0 Å². The molecule has 2 rings (SSSR count). The van der Waals surface area contributed by atoms with Crippen LogP contribution in [-0.4, -0.2) is 19.1 Å². The molecule has 1 aliphatic carbocycles. The number of benzene rings is 1. The van der Waals surface area contributed by atoms with Crippen molar-refractivity contribution in [2.45, 2.75) is 37.5 Å². The van der Waals surface area contributed by atoms with E-state index in [1.54, 1.807) is 0 Å². The fourth-order valence-corrected chi connectivity index (χ4v) is 2.44. The van der Waals surface area contributed by atoms with Crippen molar-refractivity contribution in [3.63, 3.8) is 0 Å². The monoisotopic (exact) mass is 258 g/mol. The normalized spacial score (nSPS) is 24.3. The minimum atomic E-state index is -4.27. The zero-order valence-corrected chi connectivity index (χ0v) is 10.2. The summed E-state index contributed by atoms with van der Waals surface area (Å²) in [6, 6.07) is 5.84. The third-order valence-electron chi connectivity index (χ3n) is 3.60. The molecule has 1 fully saturated rings. The van der Waals surface area contributed by atoms with E-state index in [0.717, 1.165) is 37.1 Å². The van der Waals surface area contributed by atoms with E-state index in [1.807, 2.05) is 11.9 Å². The molecule has 1 saturated carbocycles. The maximum absolute atomic E-state index is 12.4. The summed E-state index contributed by atoms with van der Waals surface area (Å²) >= 11 is 0. The summed E-state index contributed by atoms with van der Waals surface area (Å²) in [5.41, 5.74) is 6.05. The van der Waals surface area contributed by atoms with Gasteiger partial charge >= 0.3 is 6.18 Å². The minimum absolute atomic E-state index is 0.215. The van der Waals surface area contributed by atoms with E-state index in [0.29, 0.717) is 6.04 Å². The van der Waals surface area contributed by atoms with E-state index in [4.69, 9.17) is 5.73 Å². The number of rotatable bonds is 2. The molecule has 0 heterocycles. The van der Waals surface area contributed by atoms with Gasteiger partial charge in [0.1, 0.15) is 0 Å². The molecular formula is C13H17F3N2. The first-order chi connectivity index (χ1) is 8.38. The summed E-state index contributed by atoms with van der Waals surface area (Å²) in [4.78, 5) is 2.02. The van der Waals surface area contributed by atoms with Gasteiger partial charge in [0.2, 0.25) is 0 Å². The molecule has 0 aromatic heterocycles. The van der Waals surface area contributed by atoms with Crippen molar-refractivity contribution in [1.82, 2.24) is 0 Å². The van der Waals surface area contributed by atoms with Gasteiger partial charge in [0.15, 0.2) is 0 Å². The van der Waals surface area contributed by atoms with Crippen LogP contribution in [0.5, 0.6) is 0 Å². The van der Waals surface area contributed by atoms with Crippen LogP contribution in [0.25, 0.3) is 0 Å². The van der Waals surface area contributed by atoms with Crippen LogP contribution in [0, 0.1) is 0 Å². The van der Waals surface area contributed by atoms with Crippen LogP contribution in [0.3, 0.4) is 0 Å². The summed E-state index contributed by atoms with van der Waals surface area (Å²) in [7, 11) is 1.91. The van der Waals surface area contributed by atoms with Crippen LogP contribution >= 0.6 is 0 Å². The van der Waals surface area contributed by atoms with Gasteiger partial charge in [0.25, 0.3) is 0 Å². The van der Waals surface area contributed by atoms with Crippen molar-refractivity contribution in [2.24, 2.45) is 5.73 Å². The Balaban J connectivity index is 2.10. The van der Waals surface area contributed by atoms with Crippen molar-refractivity contribution < 1.29 is 13.2 Å². The van der Waals surface area contributed by atoms with Crippen LogP contribution in [0.1, 0.15) is 24.8 Å². The smallest absolute Gasteiger partial charge is 0.372 e. The van der Waals surface area contributed by atoms with E-state index in [-0.39, 0.29) is 6.04 Å². The summed E-state index contributed by atoms with van der Waals surface area (Å²) < 4.78 is 37.3. The lowest BCUT2D eigenvalue weighted by molar-refractivity contribution is -0.137. The highest BCUT2D eigenvalue weighted by Gasteiger charge is 2.30. The molecule has 2 nitrogen and oxygen atoms in total. The van der Waals surface area contributed by atoms with Crippen molar-refractivity contribution >= 4 is 5.69 Å². The molecule has 0 spiro atoms. The number of nitrogens with zero attached hydrogens (tertiary/aromatic N) is 1. The Hall–Kier alpha value is -1.23. The summed E-state index contributed by atoms with van der Waals surface area (Å²) in [6.45, 7) is 0. The first-order valence-electron chi connectivity index (χ1n) is 6.03. The van der Waals surface area contributed by atoms with E-state index in [9.17, 15) is 13.2 Å². The highest BCUT2D eigenvalue weighted by Crippen LogP contribution is 2.32. The maximum Gasteiger partial charge on any atom is 0.416 e. The number of halogens is 3. The predicted octanol–water partition coefficient (Wildman–Crippen LogP) is 3.02. The largest absolute Gasteiger partial charge is 0.416 e. The Morgan fingerprint density at radius 3 is 2.22 bits per heavy atom. The van der Waals surface area contributed by atoms with Crippen molar-refractivity contribution in [3.05, 3.63) is 29.8 Å².